The highest BCUT2D eigenvalue weighted by molar-refractivity contribution is 5.24. The highest BCUT2D eigenvalue weighted by Gasteiger charge is 2.15. The Morgan fingerprint density at radius 1 is 1.12 bits per heavy atom. The van der Waals surface area contributed by atoms with Crippen molar-refractivity contribution in [2.45, 2.75) is 33.1 Å². The molecule has 0 aliphatic rings. The number of nitrogens with zero attached hydrogens (tertiary/aromatic N) is 3. The van der Waals surface area contributed by atoms with Crippen molar-refractivity contribution >= 4 is 0 Å². The van der Waals surface area contributed by atoms with Gasteiger partial charge in [-0.15, -0.1) is 0 Å². The highest BCUT2D eigenvalue weighted by atomic mass is 15.1. The Morgan fingerprint density at radius 3 is 2.31 bits per heavy atom. The van der Waals surface area contributed by atoms with Crippen molar-refractivity contribution in [1.29, 1.82) is 0 Å². The summed E-state index contributed by atoms with van der Waals surface area (Å²) in [5.74, 6) is 0.862. The summed E-state index contributed by atoms with van der Waals surface area (Å²) < 4.78 is 1.98. The zero-order valence-electron chi connectivity index (χ0n) is 10.2. The second kappa shape index (κ2) is 3.74. The van der Waals surface area contributed by atoms with E-state index in [0.717, 1.165) is 11.5 Å². The molecule has 0 bridgehead atoms. The molecule has 2 heterocycles. The van der Waals surface area contributed by atoms with Gasteiger partial charge in [-0.05, 0) is 18.6 Å². The summed E-state index contributed by atoms with van der Waals surface area (Å²) in [5.41, 5.74) is 2.29. The normalized spacial score (nSPS) is 11.8. The van der Waals surface area contributed by atoms with Crippen molar-refractivity contribution in [3.8, 4) is 5.82 Å². The molecule has 84 valence electrons. The summed E-state index contributed by atoms with van der Waals surface area (Å²) in [6.45, 7) is 8.47. The summed E-state index contributed by atoms with van der Waals surface area (Å²) in [5, 5.41) is 0. The van der Waals surface area contributed by atoms with E-state index in [0.29, 0.717) is 0 Å². The van der Waals surface area contributed by atoms with Gasteiger partial charge in [0, 0.05) is 17.8 Å². The van der Waals surface area contributed by atoms with Crippen LogP contribution in [0.3, 0.4) is 0 Å². The van der Waals surface area contributed by atoms with Crippen LogP contribution in [0.4, 0.5) is 0 Å². The lowest BCUT2D eigenvalue weighted by atomic mass is 9.93. The maximum absolute atomic E-state index is 4.45. The van der Waals surface area contributed by atoms with Gasteiger partial charge in [-0.3, -0.25) is 4.98 Å². The van der Waals surface area contributed by atoms with Gasteiger partial charge in [-0.1, -0.05) is 20.8 Å². The van der Waals surface area contributed by atoms with Crippen LogP contribution in [0.5, 0.6) is 0 Å². The van der Waals surface area contributed by atoms with Crippen molar-refractivity contribution in [3.05, 3.63) is 42.1 Å². The molecule has 0 amide bonds. The molecule has 0 aromatic carbocycles. The average molecular weight is 215 g/mol. The van der Waals surface area contributed by atoms with Gasteiger partial charge in [0.15, 0.2) is 5.82 Å². The molecule has 0 atom stereocenters. The van der Waals surface area contributed by atoms with Gasteiger partial charge in [0.1, 0.15) is 0 Å². The van der Waals surface area contributed by atoms with E-state index in [4.69, 9.17) is 0 Å². The second-order valence-corrected chi connectivity index (χ2v) is 5.11. The fourth-order valence-corrected chi connectivity index (χ4v) is 1.49. The van der Waals surface area contributed by atoms with Crippen LogP contribution in [-0.2, 0) is 5.41 Å². The van der Waals surface area contributed by atoms with E-state index < -0.39 is 0 Å². The third-order valence-corrected chi connectivity index (χ3v) is 2.51. The minimum Gasteiger partial charge on any atom is -0.307 e. The van der Waals surface area contributed by atoms with Crippen LogP contribution in [0.2, 0.25) is 0 Å². The Bertz CT molecular complexity index is 475. The maximum atomic E-state index is 4.45. The molecule has 0 fully saturated rings. The summed E-state index contributed by atoms with van der Waals surface area (Å²) in [6, 6.07) is 2.05. The lowest BCUT2D eigenvalue weighted by Gasteiger charge is -2.16. The molecule has 2 aromatic rings. The fourth-order valence-electron chi connectivity index (χ4n) is 1.49. The van der Waals surface area contributed by atoms with Gasteiger partial charge in [0.2, 0.25) is 0 Å². The van der Waals surface area contributed by atoms with E-state index in [1.54, 1.807) is 0 Å². The van der Waals surface area contributed by atoms with Gasteiger partial charge < -0.3 is 4.57 Å². The van der Waals surface area contributed by atoms with Crippen LogP contribution < -0.4 is 0 Å². The maximum Gasteiger partial charge on any atom is 0.155 e. The van der Waals surface area contributed by atoms with Crippen molar-refractivity contribution in [1.82, 2.24) is 14.5 Å². The predicted octanol–water partition coefficient (Wildman–Crippen LogP) is 2.87. The Kier molecular flexibility index (Phi) is 2.54. The third-order valence-electron chi connectivity index (χ3n) is 2.51. The molecular weight excluding hydrogens is 198 g/mol. The molecular formula is C13H17N3. The number of aromatic nitrogens is 3. The SMILES string of the molecule is Cc1ccn(-c2cnc(C(C)(C)C)cn2)c1. The first kappa shape index (κ1) is 10.9. The number of hydrogen-bond acceptors (Lipinski definition) is 2. The quantitative estimate of drug-likeness (QED) is 0.732. The summed E-state index contributed by atoms with van der Waals surface area (Å²) in [6.07, 6.45) is 7.71. The largest absolute Gasteiger partial charge is 0.307 e. The predicted molar refractivity (Wildman–Crippen MR) is 64.8 cm³/mol. The second-order valence-electron chi connectivity index (χ2n) is 5.11. The minimum absolute atomic E-state index is 0.0537. The third kappa shape index (κ3) is 2.13. The number of hydrogen-bond donors (Lipinski definition) is 0. The minimum atomic E-state index is 0.0537. The van der Waals surface area contributed by atoms with Crippen LogP contribution in [0.1, 0.15) is 32.0 Å². The van der Waals surface area contributed by atoms with E-state index in [1.807, 2.05) is 29.4 Å². The molecule has 0 saturated carbocycles. The van der Waals surface area contributed by atoms with E-state index in [-0.39, 0.29) is 5.41 Å². The molecule has 2 rings (SSSR count). The van der Waals surface area contributed by atoms with Crippen molar-refractivity contribution < 1.29 is 0 Å². The number of aryl methyl sites for hydroxylation is 1. The van der Waals surface area contributed by atoms with Gasteiger partial charge in [-0.25, -0.2) is 4.98 Å². The zero-order chi connectivity index (χ0) is 11.8. The lowest BCUT2D eigenvalue weighted by molar-refractivity contribution is 0.564. The van der Waals surface area contributed by atoms with Gasteiger partial charge in [-0.2, -0.15) is 0 Å². The molecule has 0 aliphatic heterocycles. The van der Waals surface area contributed by atoms with Gasteiger partial charge in [0.25, 0.3) is 0 Å². The molecule has 3 nitrogen and oxygen atoms in total. The van der Waals surface area contributed by atoms with Crippen LogP contribution >= 0.6 is 0 Å². The van der Waals surface area contributed by atoms with E-state index in [1.165, 1.54) is 5.56 Å². The summed E-state index contributed by atoms with van der Waals surface area (Å²) >= 11 is 0. The Morgan fingerprint density at radius 2 is 1.88 bits per heavy atom. The molecule has 0 radical (unpaired) electrons. The van der Waals surface area contributed by atoms with Crippen molar-refractivity contribution in [3.63, 3.8) is 0 Å². The van der Waals surface area contributed by atoms with E-state index in [2.05, 4.69) is 43.7 Å². The molecule has 3 heteroatoms. The summed E-state index contributed by atoms with van der Waals surface area (Å²) in [7, 11) is 0. The topological polar surface area (TPSA) is 30.7 Å². The standard InChI is InChI=1S/C13H17N3/c1-10-5-6-16(9-10)12-8-14-11(7-15-12)13(2,3)4/h5-9H,1-4H3. The summed E-state index contributed by atoms with van der Waals surface area (Å²) in [4.78, 5) is 8.88. The Balaban J connectivity index is 2.33. The molecule has 0 saturated heterocycles. The van der Waals surface area contributed by atoms with E-state index in [9.17, 15) is 0 Å². The number of rotatable bonds is 1. The van der Waals surface area contributed by atoms with Crippen molar-refractivity contribution in [2.75, 3.05) is 0 Å². The molecule has 0 spiro atoms. The lowest BCUT2D eigenvalue weighted by Crippen LogP contribution is -2.14. The van der Waals surface area contributed by atoms with Crippen LogP contribution in [-0.4, -0.2) is 14.5 Å². The molecule has 0 N–H and O–H groups in total. The van der Waals surface area contributed by atoms with Crippen LogP contribution in [0, 0.1) is 6.92 Å². The molecule has 0 aliphatic carbocycles. The first-order chi connectivity index (χ1) is 7.47. The molecule has 2 aromatic heterocycles. The average Bonchev–Trinajstić information content (AvgIpc) is 2.64. The van der Waals surface area contributed by atoms with Crippen molar-refractivity contribution in [2.24, 2.45) is 0 Å². The fraction of sp³-hybridized carbons (Fsp3) is 0.385. The van der Waals surface area contributed by atoms with Gasteiger partial charge in [0.05, 0.1) is 18.1 Å². The highest BCUT2D eigenvalue weighted by Crippen LogP contribution is 2.19. The molecule has 16 heavy (non-hydrogen) atoms. The molecule has 0 unspecified atom stereocenters. The first-order valence-corrected chi connectivity index (χ1v) is 5.44. The first-order valence-electron chi connectivity index (χ1n) is 5.44. The Labute approximate surface area is 96.2 Å². The van der Waals surface area contributed by atoms with Gasteiger partial charge >= 0.3 is 0 Å². The Hall–Kier alpha value is -1.64. The van der Waals surface area contributed by atoms with Crippen LogP contribution in [0.15, 0.2) is 30.9 Å². The van der Waals surface area contributed by atoms with E-state index >= 15 is 0 Å². The zero-order valence-corrected chi connectivity index (χ0v) is 10.2. The monoisotopic (exact) mass is 215 g/mol. The van der Waals surface area contributed by atoms with Crippen LogP contribution in [0.25, 0.3) is 5.82 Å². The smallest absolute Gasteiger partial charge is 0.155 e.